The van der Waals surface area contributed by atoms with Gasteiger partial charge in [-0.25, -0.2) is 0 Å². The molecule has 0 saturated carbocycles. The van der Waals surface area contributed by atoms with Crippen LogP contribution in [0.2, 0.25) is 0 Å². The van der Waals surface area contributed by atoms with Crippen molar-refractivity contribution >= 4 is 11.9 Å². The number of carboxylic acids is 1. The fourth-order valence-corrected chi connectivity index (χ4v) is 5.34. The molecule has 0 aromatic carbocycles. The lowest BCUT2D eigenvalue weighted by molar-refractivity contribution is -0.151. The smallest absolute Gasteiger partial charge is 0.306 e. The van der Waals surface area contributed by atoms with Gasteiger partial charge in [0, 0.05) is 12.8 Å². The van der Waals surface area contributed by atoms with Crippen LogP contribution in [-0.2, 0) is 14.3 Å². The Labute approximate surface area is 249 Å². The molecule has 0 saturated heterocycles. The number of carboxylic acid groups (broad SMARTS) is 1. The second-order valence-corrected chi connectivity index (χ2v) is 12.1. The molecule has 0 aliphatic heterocycles. The Balaban J connectivity index is 3.65. The van der Waals surface area contributed by atoms with Crippen LogP contribution in [0.1, 0.15) is 200 Å². The molecule has 0 rings (SSSR count). The third kappa shape index (κ3) is 31.2. The van der Waals surface area contributed by atoms with Crippen LogP contribution in [0.3, 0.4) is 0 Å². The van der Waals surface area contributed by atoms with Gasteiger partial charge in [0.05, 0.1) is 0 Å². The molecule has 236 valence electrons. The first-order valence-corrected chi connectivity index (χ1v) is 17.7. The molecule has 0 radical (unpaired) electrons. The zero-order valence-corrected chi connectivity index (χ0v) is 26.9. The van der Waals surface area contributed by atoms with Gasteiger partial charge in [-0.1, -0.05) is 148 Å². The summed E-state index contributed by atoms with van der Waals surface area (Å²) in [6.45, 7) is 4.51. The standard InChI is InChI=1S/C36H68O4/c1-3-5-7-9-11-13-14-15-16-17-18-19-20-21-22-23-25-27-29-31-36(39)40-34(32-33-35(37)38)30-28-26-24-12-10-8-6-4-2/h15-16,34H,3-14,17-33H2,1-2H3,(H,37,38)/b16-15-. The number of hydrogen-bond acceptors (Lipinski definition) is 3. The van der Waals surface area contributed by atoms with E-state index >= 15 is 0 Å². The second-order valence-electron chi connectivity index (χ2n) is 12.1. The highest BCUT2D eigenvalue weighted by Gasteiger charge is 2.15. The first-order valence-electron chi connectivity index (χ1n) is 17.7. The summed E-state index contributed by atoms with van der Waals surface area (Å²) in [5, 5.41) is 9.04. The zero-order chi connectivity index (χ0) is 29.4. The minimum atomic E-state index is -0.812. The summed E-state index contributed by atoms with van der Waals surface area (Å²) in [7, 11) is 0. The molecule has 0 bridgehead atoms. The van der Waals surface area contributed by atoms with Crippen LogP contribution >= 0.6 is 0 Å². The van der Waals surface area contributed by atoms with Gasteiger partial charge in [-0.05, 0) is 51.4 Å². The average molecular weight is 565 g/mol. The Hall–Kier alpha value is -1.32. The monoisotopic (exact) mass is 565 g/mol. The van der Waals surface area contributed by atoms with Gasteiger partial charge in [0.2, 0.25) is 0 Å². The van der Waals surface area contributed by atoms with E-state index in [0.717, 1.165) is 32.1 Å². The summed E-state index contributed by atoms with van der Waals surface area (Å²) in [4.78, 5) is 23.4. The molecule has 1 unspecified atom stereocenters. The number of esters is 1. The summed E-state index contributed by atoms with van der Waals surface area (Å²) in [5.74, 6) is -0.955. The number of aliphatic carboxylic acids is 1. The lowest BCUT2D eigenvalue weighted by atomic mass is 10.0. The van der Waals surface area contributed by atoms with Crippen molar-refractivity contribution in [2.24, 2.45) is 0 Å². The van der Waals surface area contributed by atoms with Crippen LogP contribution in [0.25, 0.3) is 0 Å². The van der Waals surface area contributed by atoms with Crippen LogP contribution in [0, 0.1) is 0 Å². The van der Waals surface area contributed by atoms with E-state index in [2.05, 4.69) is 26.0 Å². The Morgan fingerprint density at radius 1 is 0.525 bits per heavy atom. The largest absolute Gasteiger partial charge is 0.481 e. The van der Waals surface area contributed by atoms with E-state index < -0.39 is 5.97 Å². The predicted molar refractivity (Wildman–Crippen MR) is 172 cm³/mol. The number of rotatable bonds is 32. The van der Waals surface area contributed by atoms with Crippen molar-refractivity contribution < 1.29 is 19.4 Å². The normalized spacial score (nSPS) is 12.2. The van der Waals surface area contributed by atoms with Crippen molar-refractivity contribution in [3.8, 4) is 0 Å². The average Bonchev–Trinajstić information content (AvgIpc) is 2.94. The topological polar surface area (TPSA) is 63.6 Å². The van der Waals surface area contributed by atoms with E-state index in [9.17, 15) is 9.59 Å². The molecule has 40 heavy (non-hydrogen) atoms. The van der Waals surface area contributed by atoms with E-state index in [1.807, 2.05) is 0 Å². The van der Waals surface area contributed by atoms with Crippen LogP contribution < -0.4 is 0 Å². The van der Waals surface area contributed by atoms with E-state index in [1.165, 1.54) is 135 Å². The Bertz CT molecular complexity index is 571. The van der Waals surface area contributed by atoms with Crippen molar-refractivity contribution in [3.05, 3.63) is 12.2 Å². The summed E-state index contributed by atoms with van der Waals surface area (Å²) in [6, 6.07) is 0. The Morgan fingerprint density at radius 2 is 0.925 bits per heavy atom. The third-order valence-electron chi connectivity index (χ3n) is 8.00. The van der Waals surface area contributed by atoms with Gasteiger partial charge in [-0.3, -0.25) is 9.59 Å². The maximum absolute atomic E-state index is 12.3. The van der Waals surface area contributed by atoms with Crippen LogP contribution in [0.5, 0.6) is 0 Å². The molecule has 1 N–H and O–H groups in total. The fourth-order valence-electron chi connectivity index (χ4n) is 5.34. The molecule has 1 atom stereocenters. The molecular weight excluding hydrogens is 496 g/mol. The number of hydrogen-bond donors (Lipinski definition) is 1. The summed E-state index contributed by atoms with van der Waals surface area (Å²) >= 11 is 0. The highest BCUT2D eigenvalue weighted by Crippen LogP contribution is 2.17. The molecule has 0 fully saturated rings. The van der Waals surface area contributed by atoms with Crippen molar-refractivity contribution in [2.75, 3.05) is 0 Å². The minimum absolute atomic E-state index is 0.0743. The maximum atomic E-state index is 12.3. The molecular formula is C36H68O4. The molecule has 0 aromatic rings. The quantitative estimate of drug-likeness (QED) is 0.0501. The zero-order valence-electron chi connectivity index (χ0n) is 26.9. The van der Waals surface area contributed by atoms with Gasteiger partial charge in [-0.2, -0.15) is 0 Å². The summed E-state index contributed by atoms with van der Waals surface area (Å²) < 4.78 is 5.69. The lowest BCUT2D eigenvalue weighted by Crippen LogP contribution is -2.19. The molecule has 0 aliphatic carbocycles. The summed E-state index contributed by atoms with van der Waals surface area (Å²) in [6.07, 6.45) is 38.0. The predicted octanol–water partition coefficient (Wildman–Crippen LogP) is 11.9. The lowest BCUT2D eigenvalue weighted by Gasteiger charge is -2.17. The fraction of sp³-hybridized carbons (Fsp3) is 0.889. The van der Waals surface area contributed by atoms with Crippen LogP contribution in [0.15, 0.2) is 12.2 Å². The van der Waals surface area contributed by atoms with Gasteiger partial charge < -0.3 is 9.84 Å². The number of ether oxygens (including phenoxy) is 1. The SMILES string of the molecule is CCCCCCCC/C=C\CCCCCCCCCCCC(=O)OC(CCCCCCCCCC)CCC(=O)O. The highest BCUT2D eigenvalue weighted by molar-refractivity contribution is 5.69. The molecule has 4 heteroatoms. The van der Waals surface area contributed by atoms with Crippen molar-refractivity contribution in [1.82, 2.24) is 0 Å². The van der Waals surface area contributed by atoms with Crippen molar-refractivity contribution in [3.63, 3.8) is 0 Å². The molecule has 0 heterocycles. The molecule has 4 nitrogen and oxygen atoms in total. The number of carbonyl (C=O) groups excluding carboxylic acids is 1. The molecule has 0 aliphatic rings. The highest BCUT2D eigenvalue weighted by atomic mass is 16.5. The van der Waals surface area contributed by atoms with Crippen LogP contribution in [0.4, 0.5) is 0 Å². The van der Waals surface area contributed by atoms with Gasteiger partial charge in [0.15, 0.2) is 0 Å². The minimum Gasteiger partial charge on any atom is -0.481 e. The second kappa shape index (κ2) is 32.2. The van der Waals surface area contributed by atoms with E-state index in [1.54, 1.807) is 0 Å². The van der Waals surface area contributed by atoms with E-state index in [4.69, 9.17) is 9.84 Å². The van der Waals surface area contributed by atoms with Gasteiger partial charge in [0.25, 0.3) is 0 Å². The molecule has 0 aromatic heterocycles. The van der Waals surface area contributed by atoms with Crippen molar-refractivity contribution in [2.45, 2.75) is 206 Å². The van der Waals surface area contributed by atoms with Crippen molar-refractivity contribution in [1.29, 1.82) is 0 Å². The Morgan fingerprint density at radius 3 is 1.38 bits per heavy atom. The maximum Gasteiger partial charge on any atom is 0.306 e. The molecule has 0 spiro atoms. The van der Waals surface area contributed by atoms with Gasteiger partial charge in [-0.15, -0.1) is 0 Å². The number of allylic oxidation sites excluding steroid dienone is 2. The van der Waals surface area contributed by atoms with E-state index in [-0.39, 0.29) is 18.5 Å². The first kappa shape index (κ1) is 38.7. The summed E-state index contributed by atoms with van der Waals surface area (Å²) in [5.41, 5.74) is 0. The Kier molecular flexibility index (Phi) is 31.1. The first-order chi connectivity index (χ1) is 19.6. The number of unbranched alkanes of at least 4 members (excludes halogenated alkanes) is 22. The number of carbonyl (C=O) groups is 2. The third-order valence-corrected chi connectivity index (χ3v) is 8.00. The molecule has 0 amide bonds. The van der Waals surface area contributed by atoms with Crippen LogP contribution in [-0.4, -0.2) is 23.1 Å². The van der Waals surface area contributed by atoms with Gasteiger partial charge >= 0.3 is 11.9 Å². The van der Waals surface area contributed by atoms with E-state index in [0.29, 0.717) is 12.8 Å². The van der Waals surface area contributed by atoms with Gasteiger partial charge in [0.1, 0.15) is 6.10 Å².